The van der Waals surface area contributed by atoms with Gasteiger partial charge in [-0.3, -0.25) is 19.2 Å². The first-order valence-corrected chi connectivity index (χ1v) is 26.9. The Morgan fingerprint density at radius 1 is 0.585 bits per heavy atom. The molecule has 7 aromatic carbocycles. The second-order valence-corrected chi connectivity index (χ2v) is 22.3. The molecule has 0 saturated carbocycles. The SMILES string of the molecule is COc1ccc(C(OCc2cc(CNC(=S)Nc3ccc4c(c3)C(=O)OC43c4ccc(OC(=O)C(C)(C)C)cc4Oc4cc(OC(=O)C(C)(C)C)ccc43)cc(COC(=O)CCC(N)=O)c2)(c2ccccc2)c2ccc(OC)cc2)cc1. The van der Waals surface area contributed by atoms with Crippen LogP contribution in [0.3, 0.4) is 0 Å². The quantitative estimate of drug-likeness (QED) is 0.0316. The third-order valence-electron chi connectivity index (χ3n) is 13.8. The first-order chi connectivity index (χ1) is 39.1. The molecule has 0 saturated heterocycles. The zero-order chi connectivity index (χ0) is 58.6. The highest BCUT2D eigenvalue weighted by Crippen LogP contribution is 2.57. The summed E-state index contributed by atoms with van der Waals surface area (Å²) >= 11 is 5.87. The average molecular weight is 1130 g/mol. The Morgan fingerprint density at radius 2 is 1.09 bits per heavy atom. The van der Waals surface area contributed by atoms with Crippen molar-refractivity contribution in [3.8, 4) is 34.5 Å². The Morgan fingerprint density at radius 3 is 1.61 bits per heavy atom. The van der Waals surface area contributed by atoms with E-state index >= 15 is 0 Å². The lowest BCUT2D eigenvalue weighted by Crippen LogP contribution is -2.33. The summed E-state index contributed by atoms with van der Waals surface area (Å²) in [6.07, 6.45) is -0.314. The molecule has 82 heavy (non-hydrogen) atoms. The van der Waals surface area contributed by atoms with Gasteiger partial charge in [-0.05, 0) is 148 Å². The fraction of sp³-hybridized carbons (Fsp3) is 0.262. The normalized spacial score (nSPS) is 13.0. The van der Waals surface area contributed by atoms with E-state index in [1.165, 1.54) is 0 Å². The number of thiocarbonyl (C=S) groups is 1. The van der Waals surface area contributed by atoms with Crippen molar-refractivity contribution in [1.29, 1.82) is 0 Å². The topological polar surface area (TPSA) is 209 Å². The summed E-state index contributed by atoms with van der Waals surface area (Å²) in [5, 5.41) is 6.72. The molecule has 0 aromatic heterocycles. The summed E-state index contributed by atoms with van der Waals surface area (Å²) in [6, 6.07) is 46.1. The second-order valence-electron chi connectivity index (χ2n) is 21.9. The standard InChI is InChI=1S/C65H63N3O13S/c1-62(2,3)59(72)78-48-23-26-52-54(34-48)80-55-35-49(79-60(73)63(4,5)6)24-27-53(55)65(52)51-25-18-45(33-50(51)58(71)81-65)68-61(82)67-36-39-30-40(37-76-57(70)29-28-56(66)69)32-41(31-39)38-77-64(42-12-10-9-11-13-42,43-14-19-46(74-7)20-15-43)44-16-21-47(75-8)22-17-44/h9-27,30-35H,28-29,36-38H2,1-8H3,(H2,66,69)(H2,67,68,82). The average Bonchev–Trinajstić information content (AvgIpc) is 1.67. The summed E-state index contributed by atoms with van der Waals surface area (Å²) in [4.78, 5) is 64.4. The van der Waals surface area contributed by atoms with Gasteiger partial charge in [0.1, 0.15) is 46.7 Å². The number of anilines is 1. The molecule has 0 atom stereocenters. The zero-order valence-corrected chi connectivity index (χ0v) is 47.6. The Balaban J connectivity index is 1.00. The van der Waals surface area contributed by atoms with E-state index in [0.29, 0.717) is 39.4 Å². The van der Waals surface area contributed by atoms with Crippen molar-refractivity contribution in [2.24, 2.45) is 16.6 Å². The number of methoxy groups -OCH3 is 2. The van der Waals surface area contributed by atoms with Gasteiger partial charge in [-0.2, -0.15) is 0 Å². The molecule has 1 amide bonds. The largest absolute Gasteiger partial charge is 0.497 e. The molecule has 4 N–H and O–H groups in total. The molecule has 0 aliphatic carbocycles. The lowest BCUT2D eigenvalue weighted by atomic mass is 9.77. The zero-order valence-electron chi connectivity index (χ0n) is 46.8. The van der Waals surface area contributed by atoms with Gasteiger partial charge in [-0.1, -0.05) is 78.9 Å². The number of amides is 1. The maximum Gasteiger partial charge on any atom is 0.340 e. The minimum Gasteiger partial charge on any atom is -0.497 e. The van der Waals surface area contributed by atoms with Gasteiger partial charge >= 0.3 is 23.9 Å². The van der Waals surface area contributed by atoms with Crippen LogP contribution in [-0.2, 0) is 64.3 Å². The van der Waals surface area contributed by atoms with Gasteiger partial charge in [0.15, 0.2) is 10.7 Å². The number of nitrogens with one attached hydrogen (secondary N) is 2. The van der Waals surface area contributed by atoms with Gasteiger partial charge in [0, 0.05) is 47.5 Å². The Labute approximate surface area is 481 Å². The molecule has 0 unspecified atom stereocenters. The molecule has 2 aliphatic rings. The summed E-state index contributed by atoms with van der Waals surface area (Å²) in [7, 11) is 3.23. The second kappa shape index (κ2) is 23.6. The monoisotopic (exact) mass is 1130 g/mol. The van der Waals surface area contributed by atoms with E-state index < -0.39 is 51.8 Å². The maximum atomic E-state index is 14.2. The van der Waals surface area contributed by atoms with Gasteiger partial charge < -0.3 is 54.3 Å². The number of nitrogens with two attached hydrogens (primary N) is 1. The number of ether oxygens (including phenoxy) is 8. The fourth-order valence-corrected chi connectivity index (χ4v) is 9.80. The van der Waals surface area contributed by atoms with Crippen LogP contribution >= 0.6 is 12.2 Å². The van der Waals surface area contributed by atoms with E-state index in [2.05, 4.69) is 10.6 Å². The van der Waals surface area contributed by atoms with Crippen LogP contribution in [0, 0.1) is 10.8 Å². The third kappa shape index (κ3) is 12.3. The fourth-order valence-electron chi connectivity index (χ4n) is 9.61. The number of carbonyl (C=O) groups excluding carboxylic acids is 5. The third-order valence-corrected chi connectivity index (χ3v) is 14.1. The van der Waals surface area contributed by atoms with Gasteiger partial charge in [0.05, 0.1) is 43.6 Å². The predicted octanol–water partition coefficient (Wildman–Crippen LogP) is 11.5. The molecule has 0 fully saturated rings. The Kier molecular flexibility index (Phi) is 16.6. The van der Waals surface area contributed by atoms with Crippen molar-refractivity contribution in [3.05, 3.63) is 207 Å². The molecule has 0 bridgehead atoms. The summed E-state index contributed by atoms with van der Waals surface area (Å²) < 4.78 is 48.4. The lowest BCUT2D eigenvalue weighted by molar-refractivity contribution is -0.146. The molecule has 17 heteroatoms. The number of carbonyl (C=O) groups is 5. The maximum absolute atomic E-state index is 14.2. The minimum absolute atomic E-state index is 0.0809. The van der Waals surface area contributed by atoms with Crippen molar-refractivity contribution in [2.45, 2.75) is 85.3 Å². The van der Waals surface area contributed by atoms with E-state index in [0.717, 1.165) is 27.8 Å². The number of hydrogen-bond acceptors (Lipinski definition) is 14. The van der Waals surface area contributed by atoms with Crippen LogP contribution in [0.15, 0.2) is 152 Å². The molecular formula is C65H63N3O13S. The Bertz CT molecular complexity index is 3460. The molecule has 2 heterocycles. The van der Waals surface area contributed by atoms with Crippen molar-refractivity contribution in [1.82, 2.24) is 5.32 Å². The number of esters is 4. The van der Waals surface area contributed by atoms with Gasteiger partial charge in [0.25, 0.3) is 0 Å². The van der Waals surface area contributed by atoms with Crippen molar-refractivity contribution >= 4 is 52.8 Å². The molecule has 16 nitrogen and oxygen atoms in total. The summed E-state index contributed by atoms with van der Waals surface area (Å²) in [5.74, 6) is -0.439. The molecule has 2 aliphatic heterocycles. The number of hydrogen-bond donors (Lipinski definition) is 3. The first kappa shape index (κ1) is 57.6. The van der Waals surface area contributed by atoms with E-state index in [9.17, 15) is 24.0 Å². The summed E-state index contributed by atoms with van der Waals surface area (Å²) in [5.41, 5.74) is 7.92. The highest BCUT2D eigenvalue weighted by atomic mass is 32.1. The molecule has 9 rings (SSSR count). The van der Waals surface area contributed by atoms with E-state index in [1.807, 2.05) is 97.1 Å². The molecule has 0 radical (unpaired) electrons. The van der Waals surface area contributed by atoms with Crippen LogP contribution in [0.25, 0.3) is 0 Å². The predicted molar refractivity (Wildman–Crippen MR) is 310 cm³/mol. The highest BCUT2D eigenvalue weighted by Gasteiger charge is 2.54. The van der Waals surface area contributed by atoms with Gasteiger partial charge in [-0.25, -0.2) is 4.79 Å². The Hall–Kier alpha value is -9.06. The van der Waals surface area contributed by atoms with Crippen LogP contribution in [-0.4, -0.2) is 49.1 Å². The van der Waals surface area contributed by atoms with Crippen molar-refractivity contribution < 1.29 is 61.9 Å². The van der Waals surface area contributed by atoms with E-state index in [1.54, 1.807) is 110 Å². The van der Waals surface area contributed by atoms with Crippen molar-refractivity contribution in [2.75, 3.05) is 19.5 Å². The van der Waals surface area contributed by atoms with Crippen LogP contribution < -0.4 is 40.1 Å². The number of benzene rings is 7. The highest BCUT2D eigenvalue weighted by molar-refractivity contribution is 7.80. The smallest absolute Gasteiger partial charge is 0.340 e. The summed E-state index contributed by atoms with van der Waals surface area (Å²) in [6.45, 7) is 10.7. The minimum atomic E-state index is -1.53. The van der Waals surface area contributed by atoms with Crippen LogP contribution in [0.2, 0.25) is 0 Å². The molecular weight excluding hydrogens is 1060 g/mol. The van der Waals surface area contributed by atoms with E-state index in [4.69, 9.17) is 55.8 Å². The van der Waals surface area contributed by atoms with Crippen LogP contribution in [0.5, 0.6) is 34.5 Å². The number of fused-ring (bicyclic) bond motifs is 6. The lowest BCUT2D eigenvalue weighted by Gasteiger charge is -2.36. The first-order valence-electron chi connectivity index (χ1n) is 26.5. The van der Waals surface area contributed by atoms with Crippen LogP contribution in [0.1, 0.15) is 115 Å². The molecule has 1 spiro atoms. The number of rotatable bonds is 18. The molecule has 7 aromatic rings. The number of primary amides is 1. The van der Waals surface area contributed by atoms with Gasteiger partial charge in [0.2, 0.25) is 5.91 Å². The van der Waals surface area contributed by atoms with Gasteiger partial charge in [-0.15, -0.1) is 0 Å². The van der Waals surface area contributed by atoms with E-state index in [-0.39, 0.29) is 66.3 Å². The van der Waals surface area contributed by atoms with Crippen molar-refractivity contribution in [3.63, 3.8) is 0 Å². The van der Waals surface area contributed by atoms with Crippen LogP contribution in [0.4, 0.5) is 5.69 Å². The molecule has 422 valence electrons.